The van der Waals surface area contributed by atoms with Crippen LogP contribution in [-0.2, 0) is 9.84 Å². The first kappa shape index (κ1) is 11.2. The molecule has 1 heterocycles. The molecule has 1 rings (SSSR count). The van der Waals surface area contributed by atoms with Crippen LogP contribution in [0.1, 0.15) is 24.7 Å². The Morgan fingerprint density at radius 3 is 2.86 bits per heavy atom. The van der Waals surface area contributed by atoms with Crippen molar-refractivity contribution in [1.29, 1.82) is 0 Å². The van der Waals surface area contributed by atoms with Gasteiger partial charge in [0.15, 0.2) is 0 Å². The van der Waals surface area contributed by atoms with Crippen LogP contribution in [0.3, 0.4) is 0 Å². The van der Waals surface area contributed by atoms with Gasteiger partial charge in [-0.3, -0.25) is 0 Å². The second-order valence-electron chi connectivity index (χ2n) is 3.35. The van der Waals surface area contributed by atoms with Crippen molar-refractivity contribution in [3.05, 3.63) is 18.2 Å². The molecule has 0 aromatic carbocycles. The molecule has 0 aliphatic carbocycles. The third kappa shape index (κ3) is 3.89. The number of H-pyrrole nitrogens is 1. The number of aromatic nitrogens is 2. The molecule has 0 amide bonds. The first-order valence-corrected chi connectivity index (χ1v) is 6.47. The highest BCUT2D eigenvalue weighted by atomic mass is 32.2. The number of rotatable bonds is 5. The molecular formula is C8H15N3O2S. The van der Waals surface area contributed by atoms with Gasteiger partial charge in [-0.05, 0) is 12.8 Å². The summed E-state index contributed by atoms with van der Waals surface area (Å²) in [6, 6.07) is -0.202. The van der Waals surface area contributed by atoms with Crippen molar-refractivity contribution in [1.82, 2.24) is 9.97 Å². The maximum absolute atomic E-state index is 10.8. The first-order chi connectivity index (χ1) is 6.49. The van der Waals surface area contributed by atoms with E-state index in [1.54, 1.807) is 12.4 Å². The van der Waals surface area contributed by atoms with Crippen LogP contribution in [0.5, 0.6) is 0 Å². The fraction of sp³-hybridized carbons (Fsp3) is 0.625. The van der Waals surface area contributed by atoms with Crippen molar-refractivity contribution >= 4 is 9.84 Å². The molecule has 1 aromatic rings. The molecule has 80 valence electrons. The predicted octanol–water partition coefficient (Wildman–Crippen LogP) is 0.234. The molecule has 14 heavy (non-hydrogen) atoms. The summed E-state index contributed by atoms with van der Waals surface area (Å²) >= 11 is 0. The number of sulfone groups is 1. The maximum atomic E-state index is 10.8. The van der Waals surface area contributed by atoms with Gasteiger partial charge in [-0.25, -0.2) is 13.4 Å². The number of aromatic amines is 1. The molecule has 1 unspecified atom stereocenters. The van der Waals surface area contributed by atoms with Crippen LogP contribution in [-0.4, -0.2) is 30.4 Å². The fourth-order valence-corrected chi connectivity index (χ4v) is 1.87. The van der Waals surface area contributed by atoms with E-state index in [0.29, 0.717) is 18.7 Å². The summed E-state index contributed by atoms with van der Waals surface area (Å²) in [4.78, 5) is 6.90. The summed E-state index contributed by atoms with van der Waals surface area (Å²) in [6.45, 7) is 0. The van der Waals surface area contributed by atoms with Crippen LogP contribution in [0.25, 0.3) is 0 Å². The van der Waals surface area contributed by atoms with Gasteiger partial charge in [-0.1, -0.05) is 0 Å². The van der Waals surface area contributed by atoms with Gasteiger partial charge in [0.2, 0.25) is 0 Å². The molecular weight excluding hydrogens is 202 g/mol. The largest absolute Gasteiger partial charge is 0.347 e. The van der Waals surface area contributed by atoms with E-state index >= 15 is 0 Å². The topological polar surface area (TPSA) is 88.8 Å². The standard InChI is InChI=1S/C8H15N3O2S/c1-14(12,13)6-2-3-7(9)8-10-4-5-11-8/h4-5,7H,2-3,6,9H2,1H3,(H,10,11). The number of hydrogen-bond acceptors (Lipinski definition) is 4. The zero-order valence-electron chi connectivity index (χ0n) is 8.10. The van der Waals surface area contributed by atoms with Crippen molar-refractivity contribution in [3.8, 4) is 0 Å². The minimum atomic E-state index is -2.87. The first-order valence-electron chi connectivity index (χ1n) is 4.41. The van der Waals surface area contributed by atoms with E-state index in [0.717, 1.165) is 0 Å². The average Bonchev–Trinajstić information content (AvgIpc) is 2.53. The summed E-state index contributed by atoms with van der Waals surface area (Å²) in [5.41, 5.74) is 5.78. The zero-order chi connectivity index (χ0) is 10.6. The Morgan fingerprint density at radius 2 is 2.36 bits per heavy atom. The quantitative estimate of drug-likeness (QED) is 0.739. The van der Waals surface area contributed by atoms with E-state index in [1.165, 1.54) is 6.26 Å². The van der Waals surface area contributed by atoms with Crippen LogP contribution in [0, 0.1) is 0 Å². The van der Waals surface area contributed by atoms with Crippen molar-refractivity contribution in [2.24, 2.45) is 5.73 Å². The fourth-order valence-electron chi connectivity index (χ4n) is 1.18. The SMILES string of the molecule is CS(=O)(=O)CCCC(N)c1ncc[nH]1. The van der Waals surface area contributed by atoms with Gasteiger partial charge >= 0.3 is 0 Å². The molecule has 1 aromatic heterocycles. The lowest BCUT2D eigenvalue weighted by atomic mass is 10.2. The molecule has 0 radical (unpaired) electrons. The average molecular weight is 217 g/mol. The second-order valence-corrected chi connectivity index (χ2v) is 5.61. The van der Waals surface area contributed by atoms with E-state index < -0.39 is 9.84 Å². The Balaban J connectivity index is 2.33. The van der Waals surface area contributed by atoms with Crippen molar-refractivity contribution in [2.75, 3.05) is 12.0 Å². The van der Waals surface area contributed by atoms with Gasteiger partial charge in [-0.2, -0.15) is 0 Å². The summed E-state index contributed by atoms with van der Waals surface area (Å²) in [5.74, 6) is 0.889. The molecule has 0 aliphatic heterocycles. The number of hydrogen-bond donors (Lipinski definition) is 2. The minimum Gasteiger partial charge on any atom is -0.347 e. The smallest absolute Gasteiger partial charge is 0.147 e. The Bertz CT molecular complexity index is 358. The summed E-state index contributed by atoms with van der Waals surface area (Å²) in [6.07, 6.45) is 5.75. The van der Waals surface area contributed by atoms with Gasteiger partial charge in [0.25, 0.3) is 0 Å². The van der Waals surface area contributed by atoms with Crippen LogP contribution in [0.2, 0.25) is 0 Å². The Hall–Kier alpha value is -0.880. The third-order valence-electron chi connectivity index (χ3n) is 1.90. The normalized spacial score (nSPS) is 14.1. The van der Waals surface area contributed by atoms with Gasteiger partial charge in [0.05, 0.1) is 6.04 Å². The second kappa shape index (κ2) is 4.56. The van der Waals surface area contributed by atoms with Crippen LogP contribution < -0.4 is 5.73 Å². The summed E-state index contributed by atoms with van der Waals surface area (Å²) in [7, 11) is -2.87. The van der Waals surface area contributed by atoms with Gasteiger partial charge in [0, 0.05) is 24.4 Å². The molecule has 6 heteroatoms. The molecule has 0 saturated heterocycles. The zero-order valence-corrected chi connectivity index (χ0v) is 8.92. The number of nitrogens with zero attached hydrogens (tertiary/aromatic N) is 1. The Morgan fingerprint density at radius 1 is 1.64 bits per heavy atom. The van der Waals surface area contributed by atoms with Gasteiger partial charge in [-0.15, -0.1) is 0 Å². The Labute approximate surface area is 83.7 Å². The Kier molecular flexibility index (Phi) is 3.65. The van der Waals surface area contributed by atoms with Crippen molar-refractivity contribution < 1.29 is 8.42 Å². The lowest BCUT2D eigenvalue weighted by Gasteiger charge is -2.07. The molecule has 0 aliphatic rings. The highest BCUT2D eigenvalue weighted by Crippen LogP contribution is 2.11. The lowest BCUT2D eigenvalue weighted by Crippen LogP contribution is -2.14. The van der Waals surface area contributed by atoms with Gasteiger partial charge < -0.3 is 10.7 Å². The predicted molar refractivity (Wildman–Crippen MR) is 54.5 cm³/mol. The van der Waals surface area contributed by atoms with E-state index in [2.05, 4.69) is 9.97 Å². The van der Waals surface area contributed by atoms with Crippen LogP contribution >= 0.6 is 0 Å². The van der Waals surface area contributed by atoms with Gasteiger partial charge in [0.1, 0.15) is 15.7 Å². The van der Waals surface area contributed by atoms with E-state index in [1.807, 2.05) is 0 Å². The summed E-state index contributed by atoms with van der Waals surface area (Å²) in [5, 5.41) is 0. The monoisotopic (exact) mass is 217 g/mol. The van der Waals surface area contributed by atoms with E-state index in [4.69, 9.17) is 5.73 Å². The number of nitrogens with one attached hydrogen (secondary N) is 1. The van der Waals surface area contributed by atoms with E-state index in [-0.39, 0.29) is 11.8 Å². The molecule has 1 atom stereocenters. The minimum absolute atomic E-state index is 0.182. The molecule has 3 N–H and O–H groups in total. The molecule has 0 bridgehead atoms. The molecule has 5 nitrogen and oxygen atoms in total. The third-order valence-corrected chi connectivity index (χ3v) is 2.93. The number of imidazole rings is 1. The van der Waals surface area contributed by atoms with Crippen LogP contribution in [0.4, 0.5) is 0 Å². The van der Waals surface area contributed by atoms with Crippen LogP contribution in [0.15, 0.2) is 12.4 Å². The molecule has 0 fully saturated rings. The maximum Gasteiger partial charge on any atom is 0.147 e. The number of nitrogens with two attached hydrogens (primary N) is 1. The molecule has 0 saturated carbocycles. The highest BCUT2D eigenvalue weighted by Gasteiger charge is 2.09. The summed E-state index contributed by atoms with van der Waals surface area (Å²) < 4.78 is 21.7. The van der Waals surface area contributed by atoms with Crippen molar-refractivity contribution in [3.63, 3.8) is 0 Å². The highest BCUT2D eigenvalue weighted by molar-refractivity contribution is 7.90. The molecule has 0 spiro atoms. The lowest BCUT2D eigenvalue weighted by molar-refractivity contribution is 0.580. The van der Waals surface area contributed by atoms with Crippen molar-refractivity contribution in [2.45, 2.75) is 18.9 Å². The van der Waals surface area contributed by atoms with E-state index in [9.17, 15) is 8.42 Å².